The number of aliphatic carboxylic acids is 4. The van der Waals surface area contributed by atoms with Gasteiger partial charge in [0, 0.05) is 6.42 Å². The van der Waals surface area contributed by atoms with Crippen molar-refractivity contribution in [2.75, 3.05) is 0 Å². The molecule has 0 rings (SSSR count). The summed E-state index contributed by atoms with van der Waals surface area (Å²) in [7, 11) is 0. The van der Waals surface area contributed by atoms with Crippen LogP contribution in [0.25, 0.3) is 0 Å². The SMILES string of the molecule is CCCCC(CC)C(=O)O.CCCCC(CC)C(=O)O.CCCCC(CC)C(=O)O.CCCCCCCCCCCCCC(=O)O. The molecular formula is C38H76O8. The van der Waals surface area contributed by atoms with Crippen LogP contribution in [0.4, 0.5) is 0 Å². The molecule has 3 atom stereocenters. The van der Waals surface area contributed by atoms with Gasteiger partial charge in [-0.1, -0.05) is 151 Å². The van der Waals surface area contributed by atoms with Crippen molar-refractivity contribution in [3.63, 3.8) is 0 Å². The summed E-state index contributed by atoms with van der Waals surface area (Å²) in [5.41, 5.74) is 0. The highest BCUT2D eigenvalue weighted by Gasteiger charge is 2.14. The summed E-state index contributed by atoms with van der Waals surface area (Å²) in [5.74, 6) is -2.92. The molecule has 0 aromatic heterocycles. The van der Waals surface area contributed by atoms with Crippen molar-refractivity contribution in [3.05, 3.63) is 0 Å². The van der Waals surface area contributed by atoms with E-state index in [1.165, 1.54) is 57.8 Å². The van der Waals surface area contributed by atoms with Crippen molar-refractivity contribution in [3.8, 4) is 0 Å². The van der Waals surface area contributed by atoms with Crippen molar-refractivity contribution in [1.29, 1.82) is 0 Å². The molecule has 276 valence electrons. The average molecular weight is 661 g/mol. The monoisotopic (exact) mass is 661 g/mol. The quantitative estimate of drug-likeness (QED) is 0.0636. The minimum Gasteiger partial charge on any atom is -0.481 e. The molecule has 0 amide bonds. The summed E-state index contributed by atoms with van der Waals surface area (Å²) in [4.78, 5) is 41.6. The maximum Gasteiger partial charge on any atom is 0.306 e. The Morgan fingerprint density at radius 3 is 0.804 bits per heavy atom. The first-order valence-electron chi connectivity index (χ1n) is 18.8. The fraction of sp³-hybridized carbons (Fsp3) is 0.895. The number of hydrogen-bond acceptors (Lipinski definition) is 4. The summed E-state index contributed by atoms with van der Waals surface area (Å²) in [6, 6.07) is 0. The molecule has 4 N–H and O–H groups in total. The Morgan fingerprint density at radius 2 is 0.609 bits per heavy atom. The van der Waals surface area contributed by atoms with E-state index in [2.05, 4.69) is 27.7 Å². The van der Waals surface area contributed by atoms with Crippen LogP contribution in [0, 0.1) is 17.8 Å². The van der Waals surface area contributed by atoms with Crippen LogP contribution < -0.4 is 0 Å². The molecule has 0 aliphatic heterocycles. The van der Waals surface area contributed by atoms with Gasteiger partial charge in [-0.15, -0.1) is 0 Å². The standard InChI is InChI=1S/C14H28O2.3C8H16O2/c1-2-3-4-5-6-7-8-9-10-11-12-13-14(15)16;3*1-3-5-6-7(4-2)8(9)10/h2-13H2,1H3,(H,15,16);3*7H,3-6H2,1-2H3,(H,9,10). The Bertz CT molecular complexity index is 618. The predicted octanol–water partition coefficient (Wildman–Crippen LogP) is 11.6. The van der Waals surface area contributed by atoms with E-state index in [9.17, 15) is 19.2 Å². The normalized spacial score (nSPS) is 12.2. The molecular weight excluding hydrogens is 584 g/mol. The summed E-state index contributed by atoms with van der Waals surface area (Å²) >= 11 is 0. The van der Waals surface area contributed by atoms with Gasteiger partial charge < -0.3 is 20.4 Å². The lowest BCUT2D eigenvalue weighted by Crippen LogP contribution is -2.11. The number of unbranched alkanes of at least 4 members (excludes halogenated alkanes) is 13. The lowest BCUT2D eigenvalue weighted by molar-refractivity contribution is -0.143. The fourth-order valence-corrected chi connectivity index (χ4v) is 4.80. The molecule has 0 radical (unpaired) electrons. The van der Waals surface area contributed by atoms with E-state index in [1.807, 2.05) is 20.8 Å². The Labute approximate surface area is 283 Å². The molecule has 0 saturated heterocycles. The van der Waals surface area contributed by atoms with Gasteiger partial charge in [-0.25, -0.2) is 0 Å². The van der Waals surface area contributed by atoms with Gasteiger partial charge in [-0.2, -0.15) is 0 Å². The summed E-state index contributed by atoms with van der Waals surface area (Å²) in [6.07, 6.45) is 25.5. The minimum absolute atomic E-state index is 0.111. The van der Waals surface area contributed by atoms with Crippen LogP contribution in [0.3, 0.4) is 0 Å². The van der Waals surface area contributed by atoms with Crippen molar-refractivity contribution in [1.82, 2.24) is 0 Å². The second-order valence-electron chi connectivity index (χ2n) is 12.4. The molecule has 0 heterocycles. The Hall–Kier alpha value is -2.12. The topological polar surface area (TPSA) is 149 Å². The van der Waals surface area contributed by atoms with E-state index in [-0.39, 0.29) is 17.8 Å². The predicted molar refractivity (Wildman–Crippen MR) is 192 cm³/mol. The summed E-state index contributed by atoms with van der Waals surface area (Å²) in [6.45, 7) is 14.3. The van der Waals surface area contributed by atoms with E-state index < -0.39 is 23.9 Å². The second kappa shape index (κ2) is 40.9. The highest BCUT2D eigenvalue weighted by atomic mass is 16.4. The lowest BCUT2D eigenvalue weighted by atomic mass is 10.00. The largest absolute Gasteiger partial charge is 0.481 e. The van der Waals surface area contributed by atoms with Gasteiger partial charge in [0.15, 0.2) is 0 Å². The van der Waals surface area contributed by atoms with Crippen LogP contribution >= 0.6 is 0 Å². The van der Waals surface area contributed by atoms with Gasteiger partial charge in [0.05, 0.1) is 17.8 Å². The smallest absolute Gasteiger partial charge is 0.306 e. The van der Waals surface area contributed by atoms with Crippen molar-refractivity contribution >= 4 is 23.9 Å². The zero-order valence-electron chi connectivity index (χ0n) is 31.1. The molecule has 8 nitrogen and oxygen atoms in total. The number of rotatable bonds is 27. The maximum absolute atomic E-state index is 10.4. The van der Waals surface area contributed by atoms with Gasteiger partial charge in [0.1, 0.15) is 0 Å². The Kier molecular flexibility index (Phi) is 45.1. The molecule has 0 aliphatic rings. The first kappa shape index (κ1) is 50.7. The number of carboxylic acids is 4. The molecule has 0 aromatic rings. The second-order valence-corrected chi connectivity index (χ2v) is 12.4. The van der Waals surface area contributed by atoms with Crippen LogP contribution in [0.1, 0.15) is 203 Å². The average Bonchev–Trinajstić information content (AvgIpc) is 3.01. The van der Waals surface area contributed by atoms with E-state index in [0.717, 1.165) is 89.9 Å². The first-order valence-corrected chi connectivity index (χ1v) is 18.8. The summed E-state index contributed by atoms with van der Waals surface area (Å²) < 4.78 is 0. The molecule has 0 aromatic carbocycles. The summed E-state index contributed by atoms with van der Waals surface area (Å²) in [5, 5.41) is 34.3. The number of carboxylic acid groups (broad SMARTS) is 4. The Morgan fingerprint density at radius 1 is 0.370 bits per heavy atom. The highest BCUT2D eigenvalue weighted by molar-refractivity contribution is 5.70. The van der Waals surface area contributed by atoms with Crippen LogP contribution in [-0.4, -0.2) is 44.3 Å². The van der Waals surface area contributed by atoms with Gasteiger partial charge in [-0.05, 0) is 44.9 Å². The van der Waals surface area contributed by atoms with Gasteiger partial charge in [0.2, 0.25) is 0 Å². The zero-order valence-corrected chi connectivity index (χ0v) is 31.1. The van der Waals surface area contributed by atoms with E-state index in [1.54, 1.807) is 0 Å². The molecule has 0 spiro atoms. The van der Waals surface area contributed by atoms with Gasteiger partial charge in [-0.3, -0.25) is 19.2 Å². The van der Waals surface area contributed by atoms with E-state index in [4.69, 9.17) is 20.4 Å². The molecule has 0 saturated carbocycles. The third kappa shape index (κ3) is 41.9. The fourth-order valence-electron chi connectivity index (χ4n) is 4.80. The van der Waals surface area contributed by atoms with Crippen molar-refractivity contribution in [2.24, 2.45) is 17.8 Å². The highest BCUT2D eigenvalue weighted by Crippen LogP contribution is 2.14. The third-order valence-electron chi connectivity index (χ3n) is 8.24. The van der Waals surface area contributed by atoms with Crippen molar-refractivity contribution in [2.45, 2.75) is 203 Å². The zero-order chi connectivity index (χ0) is 36.0. The Balaban J connectivity index is -0.000000262. The van der Waals surface area contributed by atoms with E-state index >= 15 is 0 Å². The van der Waals surface area contributed by atoms with E-state index in [0.29, 0.717) is 6.42 Å². The van der Waals surface area contributed by atoms with Gasteiger partial charge >= 0.3 is 23.9 Å². The number of hydrogen-bond donors (Lipinski definition) is 4. The molecule has 3 unspecified atom stereocenters. The molecule has 46 heavy (non-hydrogen) atoms. The maximum atomic E-state index is 10.4. The van der Waals surface area contributed by atoms with Crippen LogP contribution in [-0.2, 0) is 19.2 Å². The third-order valence-corrected chi connectivity index (χ3v) is 8.24. The lowest BCUT2D eigenvalue weighted by Gasteiger charge is -2.06. The van der Waals surface area contributed by atoms with Crippen LogP contribution in [0.5, 0.6) is 0 Å². The minimum atomic E-state index is -0.657. The van der Waals surface area contributed by atoms with Gasteiger partial charge in [0.25, 0.3) is 0 Å². The van der Waals surface area contributed by atoms with Crippen molar-refractivity contribution < 1.29 is 39.6 Å². The number of carbonyl (C=O) groups is 4. The molecule has 0 bridgehead atoms. The molecule has 8 heteroatoms. The van der Waals surface area contributed by atoms with Crippen LogP contribution in [0.15, 0.2) is 0 Å². The first-order chi connectivity index (χ1) is 21.9. The van der Waals surface area contributed by atoms with Crippen LogP contribution in [0.2, 0.25) is 0 Å². The molecule has 0 fully saturated rings. The molecule has 0 aliphatic carbocycles.